The maximum atomic E-state index is 13.6. The minimum atomic E-state index is -0.610. The molecule has 1 saturated heterocycles. The van der Waals surface area contributed by atoms with Crippen molar-refractivity contribution < 1.29 is 28.3 Å². The highest BCUT2D eigenvalue weighted by Gasteiger charge is 2.25. The van der Waals surface area contributed by atoms with E-state index in [1.165, 1.54) is 98.2 Å². The van der Waals surface area contributed by atoms with Crippen molar-refractivity contribution in [1.29, 1.82) is 0 Å². The Bertz CT molecular complexity index is 4600. The molecule has 0 atom stereocenters. The van der Waals surface area contributed by atoms with Crippen molar-refractivity contribution >= 4 is 52.6 Å². The van der Waals surface area contributed by atoms with Gasteiger partial charge in [0.25, 0.3) is 23.6 Å². The topological polar surface area (TPSA) is 241 Å². The number of anilines is 5. The number of nitrogens with zero attached hydrogens (tertiary/aromatic N) is 8. The fourth-order valence-corrected chi connectivity index (χ4v) is 11.1. The first-order valence-corrected chi connectivity index (χ1v) is 33.2. The molecular formula is C81H70FN13O5. The number of carbonyl (C=O) groups excluding carboxylic acids is 4. The van der Waals surface area contributed by atoms with Crippen molar-refractivity contribution in [3.8, 4) is 44.5 Å². The third-order valence-corrected chi connectivity index (χ3v) is 17.3. The van der Waals surface area contributed by atoms with Gasteiger partial charge >= 0.3 is 0 Å². The van der Waals surface area contributed by atoms with Crippen molar-refractivity contribution in [2.75, 3.05) is 39.8 Å². The zero-order chi connectivity index (χ0) is 68.4. The Hall–Kier alpha value is -12.4. The van der Waals surface area contributed by atoms with Gasteiger partial charge in [-0.25, -0.2) is 24.3 Å². The van der Waals surface area contributed by atoms with Gasteiger partial charge in [-0.1, -0.05) is 91.3 Å². The average Bonchev–Trinajstić information content (AvgIpc) is 1.38. The fraction of sp³-hybridized carbons (Fsp3) is 0.160. The summed E-state index contributed by atoms with van der Waals surface area (Å²) >= 11 is 0. The Morgan fingerprint density at radius 3 is 1.08 bits per heavy atom. The van der Waals surface area contributed by atoms with Crippen LogP contribution in [0.25, 0.3) is 44.5 Å². The number of hydrogen-bond donors (Lipinski definition) is 5. The lowest BCUT2D eigenvalue weighted by Gasteiger charge is -2.26. The molecule has 0 spiro atoms. The van der Waals surface area contributed by atoms with E-state index in [0.29, 0.717) is 63.8 Å². The fourth-order valence-electron chi connectivity index (χ4n) is 11.1. The molecule has 3 saturated carbocycles. The highest BCUT2D eigenvalue weighted by Crippen LogP contribution is 2.41. The van der Waals surface area contributed by atoms with Gasteiger partial charge in [-0.2, -0.15) is 0 Å². The normalized spacial score (nSPS) is 13.7. The number of ether oxygens (including phenoxy) is 1. The van der Waals surface area contributed by atoms with Crippen LogP contribution in [0.1, 0.15) is 121 Å². The molecular weight excluding hydrogens is 1250 g/mol. The Morgan fingerprint density at radius 1 is 0.350 bits per heavy atom. The van der Waals surface area contributed by atoms with E-state index in [1.807, 2.05) is 54.6 Å². The van der Waals surface area contributed by atoms with E-state index in [1.54, 1.807) is 85.8 Å². The predicted octanol–water partition coefficient (Wildman–Crippen LogP) is 16.6. The molecule has 0 unspecified atom stereocenters. The zero-order valence-corrected chi connectivity index (χ0v) is 54.5. The molecule has 3 aliphatic carbocycles. The Labute approximate surface area is 578 Å². The van der Waals surface area contributed by atoms with Crippen LogP contribution in [0.15, 0.2) is 262 Å². The highest BCUT2D eigenvalue weighted by molar-refractivity contribution is 6.05. The molecule has 0 bridgehead atoms. The molecule has 100 heavy (non-hydrogen) atoms. The lowest BCUT2D eigenvalue weighted by molar-refractivity contribution is 0.00844. The Morgan fingerprint density at radius 2 is 0.740 bits per heavy atom. The SMILES string of the molecule is O=C(Nc1ccc(-c2cccc(C3CC3)c2)cn1)c1cnccc1F.O=C(Nc1ccc(-c2cccc(C3CCC3)c2)cn1)c1cccnc1.O=C(Nc1ccc(-c2cccc(C3COC3)c2)cn1)c1cccnc1.O=C(Nc1ccc(-c2cccc(NC3CC3)c2)cn1)c1cccnc1. The summed E-state index contributed by atoms with van der Waals surface area (Å²) in [4.78, 5) is 81.4. The number of pyridine rings is 8. The van der Waals surface area contributed by atoms with E-state index in [0.717, 1.165) is 63.9 Å². The van der Waals surface area contributed by atoms with E-state index >= 15 is 0 Å². The molecule has 18 nitrogen and oxygen atoms in total. The van der Waals surface area contributed by atoms with Crippen LogP contribution >= 0.6 is 0 Å². The molecule has 4 amide bonds. The standard InChI is InChI=1S/C21H19N3O.C20H16FN3O.C20H18N4O.C20H17N3O2/c25-21(19-8-3-11-22-13-19)24-20-10-9-18(14-23-20)17-7-2-6-16(12-17)15-4-1-5-15;21-18-8-9-22-12-17(18)20(25)24-19-7-6-16(11-23-19)15-3-1-2-14(10-15)13-4-5-13;25-20(16-4-2-10-21-12-16)24-19-9-6-15(13-22-19)14-3-1-5-18(11-14)23-17-7-8-17;24-20(17-5-2-8-21-10-17)23-19-7-6-16(11-22-19)14-3-1-4-15(9-14)18-12-25-13-18/h2-3,6-15H,1,4-5H2,(H,23,24,25);1-3,6-13H,4-5H2,(H,23,24,25);1-6,9-13,17,23H,7-8H2,(H,22,24,25);1-11,18H,12-13H2,(H,22,23,24). The number of benzene rings is 4. The molecule has 496 valence electrons. The minimum absolute atomic E-state index is 0.106. The summed E-state index contributed by atoms with van der Waals surface area (Å²) in [6.07, 6.45) is 28.0. The van der Waals surface area contributed by atoms with Gasteiger partial charge in [-0.05, 0) is 192 Å². The number of carbonyl (C=O) groups is 4. The van der Waals surface area contributed by atoms with Crippen LogP contribution in [0.4, 0.5) is 33.3 Å². The molecule has 9 heterocycles. The van der Waals surface area contributed by atoms with Crippen LogP contribution in [-0.4, -0.2) is 82.8 Å². The van der Waals surface area contributed by atoms with Gasteiger partial charge in [0.05, 0.1) is 35.5 Å². The van der Waals surface area contributed by atoms with Crippen LogP contribution in [0.2, 0.25) is 0 Å². The van der Waals surface area contributed by atoms with Crippen molar-refractivity contribution in [3.05, 3.63) is 307 Å². The van der Waals surface area contributed by atoms with E-state index < -0.39 is 11.7 Å². The lowest BCUT2D eigenvalue weighted by atomic mass is 9.79. The van der Waals surface area contributed by atoms with Crippen LogP contribution in [0.5, 0.6) is 0 Å². The monoisotopic (exact) mass is 1320 g/mol. The molecule has 4 aromatic carbocycles. The molecule has 19 heteroatoms. The summed E-state index contributed by atoms with van der Waals surface area (Å²) in [6.45, 7) is 1.59. The number of halogens is 1. The van der Waals surface area contributed by atoms with E-state index in [-0.39, 0.29) is 23.3 Å². The van der Waals surface area contributed by atoms with Crippen LogP contribution < -0.4 is 26.6 Å². The van der Waals surface area contributed by atoms with E-state index in [9.17, 15) is 23.6 Å². The van der Waals surface area contributed by atoms with Gasteiger partial charge in [0.2, 0.25) is 0 Å². The van der Waals surface area contributed by atoms with Crippen LogP contribution in [0.3, 0.4) is 0 Å². The molecule has 1 aliphatic heterocycles. The number of aromatic nitrogens is 8. The van der Waals surface area contributed by atoms with Crippen LogP contribution in [0, 0.1) is 5.82 Å². The Balaban J connectivity index is 0.000000119. The molecule has 4 aliphatic rings. The first kappa shape index (κ1) is 66.3. The molecule has 8 aromatic heterocycles. The predicted molar refractivity (Wildman–Crippen MR) is 386 cm³/mol. The summed E-state index contributed by atoms with van der Waals surface area (Å²) in [5.41, 5.74) is 15.2. The summed E-state index contributed by atoms with van der Waals surface area (Å²) < 4.78 is 18.9. The maximum Gasteiger partial charge on any atom is 0.261 e. The summed E-state index contributed by atoms with van der Waals surface area (Å²) in [5.74, 6) is 2.01. The molecule has 4 fully saturated rings. The Kier molecular flexibility index (Phi) is 21.3. The maximum absolute atomic E-state index is 13.6. The molecule has 16 rings (SSSR count). The van der Waals surface area contributed by atoms with Gasteiger partial charge < -0.3 is 31.3 Å². The molecule has 12 aromatic rings. The van der Waals surface area contributed by atoms with Gasteiger partial charge in [0.1, 0.15) is 29.1 Å². The third-order valence-electron chi connectivity index (χ3n) is 17.3. The zero-order valence-electron chi connectivity index (χ0n) is 54.5. The first-order valence-electron chi connectivity index (χ1n) is 33.2. The van der Waals surface area contributed by atoms with Gasteiger partial charge in [0.15, 0.2) is 0 Å². The lowest BCUT2D eigenvalue weighted by Crippen LogP contribution is -2.24. The van der Waals surface area contributed by atoms with E-state index in [4.69, 9.17) is 4.74 Å². The smallest absolute Gasteiger partial charge is 0.261 e. The van der Waals surface area contributed by atoms with Crippen molar-refractivity contribution in [2.24, 2.45) is 0 Å². The summed E-state index contributed by atoms with van der Waals surface area (Å²) in [6, 6.07) is 61.0. The summed E-state index contributed by atoms with van der Waals surface area (Å²) in [7, 11) is 0. The van der Waals surface area contributed by atoms with Gasteiger partial charge in [-0.15, -0.1) is 0 Å². The number of amides is 4. The second kappa shape index (κ2) is 32.1. The second-order valence-electron chi connectivity index (χ2n) is 24.6. The van der Waals surface area contributed by atoms with Gasteiger partial charge in [0, 0.05) is 114 Å². The second-order valence-corrected chi connectivity index (χ2v) is 24.6. The van der Waals surface area contributed by atoms with Crippen molar-refractivity contribution in [3.63, 3.8) is 0 Å². The largest absolute Gasteiger partial charge is 0.382 e. The molecule has 0 radical (unpaired) electrons. The minimum Gasteiger partial charge on any atom is -0.382 e. The number of nitrogens with one attached hydrogen (secondary N) is 5. The first-order chi connectivity index (χ1) is 49.1. The van der Waals surface area contributed by atoms with Crippen LogP contribution in [-0.2, 0) is 4.74 Å². The van der Waals surface area contributed by atoms with Gasteiger partial charge in [-0.3, -0.25) is 39.1 Å². The highest BCUT2D eigenvalue weighted by atomic mass is 19.1. The van der Waals surface area contributed by atoms with Crippen molar-refractivity contribution in [2.45, 2.75) is 68.7 Å². The van der Waals surface area contributed by atoms with Crippen molar-refractivity contribution in [1.82, 2.24) is 39.9 Å². The number of hydrogen-bond acceptors (Lipinski definition) is 14. The molecule has 5 N–H and O–H groups in total. The summed E-state index contributed by atoms with van der Waals surface area (Å²) in [5, 5.41) is 14.4. The van der Waals surface area contributed by atoms with E-state index in [2.05, 4.69) is 151 Å². The number of rotatable bonds is 17. The average molecular weight is 1320 g/mol. The third kappa shape index (κ3) is 18.0. The quantitative estimate of drug-likeness (QED) is 0.0570.